The molecule has 7 nitrogen and oxygen atoms in total. The van der Waals surface area contributed by atoms with Crippen molar-refractivity contribution in [1.82, 2.24) is 5.32 Å². The zero-order valence-electron chi connectivity index (χ0n) is 12.0. The summed E-state index contributed by atoms with van der Waals surface area (Å²) < 4.78 is 4.71. The Balaban J connectivity index is 2.87. The Bertz CT molecular complexity index is 607. The Morgan fingerprint density at radius 2 is 2.10 bits per heavy atom. The van der Waals surface area contributed by atoms with E-state index < -0.39 is 16.8 Å². The number of hydrogen-bond acceptors (Lipinski definition) is 5. The van der Waals surface area contributed by atoms with E-state index in [1.54, 1.807) is 13.8 Å². The van der Waals surface area contributed by atoms with E-state index in [-0.39, 0.29) is 17.9 Å². The van der Waals surface area contributed by atoms with E-state index in [2.05, 4.69) is 5.32 Å². The average Bonchev–Trinajstić information content (AvgIpc) is 2.38. The van der Waals surface area contributed by atoms with Crippen LogP contribution in [0, 0.1) is 17.0 Å². The zero-order valence-corrected chi connectivity index (χ0v) is 12.0. The van der Waals surface area contributed by atoms with E-state index in [4.69, 9.17) is 4.74 Å². The Labute approximate surface area is 121 Å². The van der Waals surface area contributed by atoms with Gasteiger partial charge >= 0.3 is 5.97 Å². The van der Waals surface area contributed by atoms with Crippen LogP contribution in [0.25, 0.3) is 0 Å². The number of nitro benzene ring substituents is 1. The molecule has 1 aromatic rings. The normalized spacial score (nSPS) is 10.9. The second-order valence-electron chi connectivity index (χ2n) is 4.29. The minimum atomic E-state index is -0.565. The number of rotatable bonds is 5. The first-order valence-corrected chi connectivity index (χ1v) is 6.26. The lowest BCUT2D eigenvalue weighted by atomic mass is 10.1. The second-order valence-corrected chi connectivity index (χ2v) is 4.29. The first-order chi connectivity index (χ1) is 9.85. The van der Waals surface area contributed by atoms with Crippen LogP contribution >= 0.6 is 0 Å². The van der Waals surface area contributed by atoms with Crippen molar-refractivity contribution in [2.24, 2.45) is 0 Å². The Morgan fingerprint density at radius 3 is 2.67 bits per heavy atom. The molecule has 1 rings (SSSR count). The molecule has 112 valence electrons. The van der Waals surface area contributed by atoms with Gasteiger partial charge in [0, 0.05) is 29.0 Å². The van der Waals surface area contributed by atoms with E-state index in [9.17, 15) is 19.7 Å². The van der Waals surface area contributed by atoms with Gasteiger partial charge in [0.05, 0.1) is 11.5 Å². The Hall–Kier alpha value is -2.70. The zero-order chi connectivity index (χ0) is 16.0. The molecule has 0 spiro atoms. The van der Waals surface area contributed by atoms with Gasteiger partial charge in [-0.25, -0.2) is 4.79 Å². The fraction of sp³-hybridized carbons (Fsp3) is 0.286. The highest BCUT2D eigenvalue weighted by atomic mass is 16.6. The van der Waals surface area contributed by atoms with Gasteiger partial charge in [-0.2, -0.15) is 0 Å². The van der Waals surface area contributed by atoms with Crippen molar-refractivity contribution in [2.45, 2.75) is 20.8 Å². The number of hydrogen-bond donors (Lipinski definition) is 1. The van der Waals surface area contributed by atoms with Crippen molar-refractivity contribution in [3.05, 3.63) is 51.2 Å². The van der Waals surface area contributed by atoms with E-state index in [0.717, 1.165) is 6.08 Å². The molecule has 0 fully saturated rings. The summed E-state index contributed by atoms with van der Waals surface area (Å²) in [4.78, 5) is 33.5. The van der Waals surface area contributed by atoms with Crippen LogP contribution in [0.2, 0.25) is 0 Å². The molecule has 0 atom stereocenters. The summed E-state index contributed by atoms with van der Waals surface area (Å²) in [5, 5.41) is 13.3. The molecule has 0 bridgehead atoms. The summed E-state index contributed by atoms with van der Waals surface area (Å²) in [6.45, 7) is 5.02. The standard InChI is InChI=1S/C14H16N2O5/c1-4-21-13(17)7-10(3)15-14(18)11-6-5-9(2)12(8-11)16(19)20/h5-8H,4H2,1-3H3,(H,15,18)/b10-7+. The third-order valence-corrected chi connectivity index (χ3v) is 2.60. The molecular weight excluding hydrogens is 276 g/mol. The molecule has 0 aliphatic rings. The average molecular weight is 292 g/mol. The predicted octanol–water partition coefficient (Wildman–Crippen LogP) is 2.10. The first kappa shape index (κ1) is 16.4. The van der Waals surface area contributed by atoms with Crippen molar-refractivity contribution in [1.29, 1.82) is 0 Å². The molecule has 0 radical (unpaired) electrons. The number of amides is 1. The molecule has 1 amide bonds. The van der Waals surface area contributed by atoms with Crippen molar-refractivity contribution >= 4 is 17.6 Å². The van der Waals surface area contributed by atoms with Crippen molar-refractivity contribution in [3.63, 3.8) is 0 Å². The molecule has 0 heterocycles. The summed E-state index contributed by atoms with van der Waals surface area (Å²) in [7, 11) is 0. The van der Waals surface area contributed by atoms with Crippen LogP contribution in [0.4, 0.5) is 5.69 Å². The van der Waals surface area contributed by atoms with Gasteiger partial charge in [0.25, 0.3) is 11.6 Å². The molecule has 0 aliphatic carbocycles. The maximum Gasteiger partial charge on any atom is 0.332 e. The van der Waals surface area contributed by atoms with Gasteiger partial charge in [-0.15, -0.1) is 0 Å². The van der Waals surface area contributed by atoms with Gasteiger partial charge in [-0.05, 0) is 26.8 Å². The smallest absolute Gasteiger partial charge is 0.332 e. The number of carbonyl (C=O) groups is 2. The summed E-state index contributed by atoms with van der Waals surface area (Å²) >= 11 is 0. The van der Waals surface area contributed by atoms with Gasteiger partial charge in [-0.1, -0.05) is 6.07 Å². The molecule has 21 heavy (non-hydrogen) atoms. The number of nitrogens with one attached hydrogen (secondary N) is 1. The number of ether oxygens (including phenoxy) is 1. The minimum absolute atomic E-state index is 0.130. The lowest BCUT2D eigenvalue weighted by Gasteiger charge is -2.06. The largest absolute Gasteiger partial charge is 0.463 e. The number of allylic oxidation sites excluding steroid dienone is 1. The highest BCUT2D eigenvalue weighted by molar-refractivity contribution is 5.96. The highest BCUT2D eigenvalue weighted by Crippen LogP contribution is 2.19. The molecule has 0 saturated carbocycles. The Kier molecular flexibility index (Phi) is 5.59. The SMILES string of the molecule is CCOC(=O)/C=C(\C)NC(=O)c1ccc(C)c([N+](=O)[O-])c1. The quantitative estimate of drug-likeness (QED) is 0.388. The van der Waals surface area contributed by atoms with Gasteiger partial charge in [0.2, 0.25) is 0 Å². The van der Waals surface area contributed by atoms with Crippen molar-refractivity contribution in [3.8, 4) is 0 Å². The van der Waals surface area contributed by atoms with Crippen LogP contribution in [-0.2, 0) is 9.53 Å². The van der Waals surface area contributed by atoms with E-state index in [1.807, 2.05) is 0 Å². The van der Waals surface area contributed by atoms with Crippen LogP contribution in [-0.4, -0.2) is 23.4 Å². The first-order valence-electron chi connectivity index (χ1n) is 6.26. The van der Waals surface area contributed by atoms with Crippen LogP contribution in [0.5, 0.6) is 0 Å². The third-order valence-electron chi connectivity index (χ3n) is 2.60. The molecule has 1 N–H and O–H groups in total. The van der Waals surface area contributed by atoms with Gasteiger partial charge in [0.15, 0.2) is 0 Å². The summed E-state index contributed by atoms with van der Waals surface area (Å²) in [5.41, 5.74) is 0.774. The van der Waals surface area contributed by atoms with Crippen LogP contribution < -0.4 is 5.32 Å². The van der Waals surface area contributed by atoms with Gasteiger partial charge < -0.3 is 10.1 Å². The summed E-state index contributed by atoms with van der Waals surface area (Å²) in [5.74, 6) is -1.10. The number of carbonyl (C=O) groups excluding carboxylic acids is 2. The summed E-state index contributed by atoms with van der Waals surface area (Å²) in [6, 6.07) is 4.18. The number of benzene rings is 1. The van der Waals surface area contributed by atoms with E-state index >= 15 is 0 Å². The van der Waals surface area contributed by atoms with Crippen molar-refractivity contribution < 1.29 is 19.2 Å². The second kappa shape index (κ2) is 7.18. The summed E-state index contributed by atoms with van der Waals surface area (Å²) in [6.07, 6.45) is 1.14. The molecule has 0 saturated heterocycles. The lowest BCUT2D eigenvalue weighted by molar-refractivity contribution is -0.385. The molecule has 0 unspecified atom stereocenters. The fourth-order valence-electron chi connectivity index (χ4n) is 1.60. The van der Waals surface area contributed by atoms with Gasteiger partial charge in [0.1, 0.15) is 0 Å². The van der Waals surface area contributed by atoms with E-state index in [0.29, 0.717) is 11.3 Å². The topological polar surface area (TPSA) is 98.5 Å². The monoisotopic (exact) mass is 292 g/mol. The maximum absolute atomic E-state index is 12.0. The van der Waals surface area contributed by atoms with Crippen LogP contribution in [0.3, 0.4) is 0 Å². The fourth-order valence-corrected chi connectivity index (χ4v) is 1.60. The highest BCUT2D eigenvalue weighted by Gasteiger charge is 2.15. The third kappa shape index (κ3) is 4.72. The molecule has 1 aromatic carbocycles. The number of nitrogens with zero attached hydrogens (tertiary/aromatic N) is 1. The number of esters is 1. The number of nitro groups is 1. The molecular formula is C14H16N2O5. The van der Waals surface area contributed by atoms with Gasteiger partial charge in [-0.3, -0.25) is 14.9 Å². The predicted molar refractivity (Wildman–Crippen MR) is 75.7 cm³/mol. The maximum atomic E-state index is 12.0. The number of aryl methyl sites for hydroxylation is 1. The molecule has 7 heteroatoms. The van der Waals surface area contributed by atoms with Crippen LogP contribution in [0.15, 0.2) is 30.0 Å². The lowest BCUT2D eigenvalue weighted by Crippen LogP contribution is -2.22. The van der Waals surface area contributed by atoms with Crippen molar-refractivity contribution in [2.75, 3.05) is 6.61 Å². The van der Waals surface area contributed by atoms with E-state index in [1.165, 1.54) is 25.1 Å². The van der Waals surface area contributed by atoms with Crippen LogP contribution in [0.1, 0.15) is 29.8 Å². The molecule has 0 aliphatic heterocycles. The minimum Gasteiger partial charge on any atom is -0.463 e. The molecule has 0 aromatic heterocycles. The Morgan fingerprint density at radius 1 is 1.43 bits per heavy atom.